The van der Waals surface area contributed by atoms with Crippen LogP contribution in [0.3, 0.4) is 0 Å². The lowest BCUT2D eigenvalue weighted by Gasteiger charge is -2.37. The van der Waals surface area contributed by atoms with E-state index in [-0.39, 0.29) is 29.8 Å². The highest BCUT2D eigenvalue weighted by atomic mass is 127. The molecule has 1 aromatic heterocycles. The molecule has 1 saturated heterocycles. The molecule has 0 saturated carbocycles. The molecule has 0 unspecified atom stereocenters. The van der Waals surface area contributed by atoms with Crippen molar-refractivity contribution in [1.29, 1.82) is 0 Å². The van der Waals surface area contributed by atoms with E-state index in [2.05, 4.69) is 15.2 Å². The monoisotopic (exact) mass is 501 g/mol. The van der Waals surface area contributed by atoms with Gasteiger partial charge in [0.2, 0.25) is 0 Å². The zero-order valence-corrected chi connectivity index (χ0v) is 18.3. The van der Waals surface area contributed by atoms with Crippen LogP contribution in [0.15, 0.2) is 47.7 Å². The van der Waals surface area contributed by atoms with Crippen LogP contribution < -0.4 is 10.2 Å². The third-order valence-electron chi connectivity index (χ3n) is 4.55. The maximum atomic E-state index is 14.0. The summed E-state index contributed by atoms with van der Waals surface area (Å²) in [7, 11) is 0. The Hall–Kier alpha value is -1.97. The molecule has 0 amide bonds. The lowest BCUT2D eigenvalue weighted by Crippen LogP contribution is -2.52. The molecule has 2 aromatic rings. The van der Waals surface area contributed by atoms with Gasteiger partial charge in [0.05, 0.1) is 5.69 Å². The number of guanidine groups is 1. The van der Waals surface area contributed by atoms with Crippen molar-refractivity contribution < 1.29 is 8.78 Å². The number of hydrogen-bond donors (Lipinski definition) is 1. The molecule has 0 spiro atoms. The molecule has 0 radical (unpaired) electrons. The minimum atomic E-state index is -0.417. The number of benzene rings is 1. The molecule has 0 atom stereocenters. The molecule has 0 bridgehead atoms. The van der Waals surface area contributed by atoms with Gasteiger partial charge in [-0.15, -0.1) is 24.0 Å². The first-order valence-corrected chi connectivity index (χ1v) is 9.29. The number of piperazine rings is 1. The van der Waals surface area contributed by atoms with E-state index in [1.807, 2.05) is 30.2 Å². The number of aliphatic imine (C=N–C) groups is 1. The van der Waals surface area contributed by atoms with Crippen molar-refractivity contribution in [1.82, 2.24) is 15.2 Å². The molecule has 1 aliphatic rings. The fourth-order valence-corrected chi connectivity index (χ4v) is 3.15. The van der Waals surface area contributed by atoms with Gasteiger partial charge in [0, 0.05) is 57.7 Å². The smallest absolute Gasteiger partial charge is 0.194 e. The van der Waals surface area contributed by atoms with Gasteiger partial charge in [0.25, 0.3) is 0 Å². The van der Waals surface area contributed by atoms with E-state index in [1.165, 1.54) is 12.1 Å². The van der Waals surface area contributed by atoms with E-state index < -0.39 is 5.82 Å². The normalized spacial score (nSPS) is 14.6. The third kappa shape index (κ3) is 6.02. The zero-order valence-electron chi connectivity index (χ0n) is 15.9. The van der Waals surface area contributed by atoms with E-state index in [0.717, 1.165) is 30.6 Å². The Morgan fingerprint density at radius 1 is 1.18 bits per heavy atom. The van der Waals surface area contributed by atoms with E-state index >= 15 is 0 Å². The Morgan fingerprint density at radius 3 is 2.64 bits per heavy atom. The standard InChI is InChI=1S/C20H25F2N5.HI/c1-2-24-20(25-9-7-16-4-3-8-23-15-16)27-12-10-26(11-13-27)19-14-17(21)5-6-18(19)22;/h3-6,8,14-15H,2,7,9-13H2,1H3,(H,24,25);1H. The summed E-state index contributed by atoms with van der Waals surface area (Å²) in [5.74, 6) is 0.0572. The Morgan fingerprint density at radius 2 is 1.96 bits per heavy atom. The van der Waals surface area contributed by atoms with Crippen LogP contribution in [0, 0.1) is 11.6 Å². The molecular weight excluding hydrogens is 475 g/mol. The second kappa shape index (κ2) is 11.1. The zero-order chi connectivity index (χ0) is 19.1. The number of hydrogen-bond acceptors (Lipinski definition) is 3. The summed E-state index contributed by atoms with van der Waals surface area (Å²) < 4.78 is 27.4. The van der Waals surface area contributed by atoms with Crippen LogP contribution in [0.5, 0.6) is 0 Å². The highest BCUT2D eigenvalue weighted by Gasteiger charge is 2.22. The molecule has 1 aromatic carbocycles. The van der Waals surface area contributed by atoms with Crippen molar-refractivity contribution in [2.75, 3.05) is 44.2 Å². The van der Waals surface area contributed by atoms with Crippen LogP contribution >= 0.6 is 24.0 Å². The highest BCUT2D eigenvalue weighted by Crippen LogP contribution is 2.21. The largest absolute Gasteiger partial charge is 0.366 e. The third-order valence-corrected chi connectivity index (χ3v) is 4.55. The molecular formula is C20H26F2IN5. The second-order valence-corrected chi connectivity index (χ2v) is 6.42. The SMILES string of the molecule is CCNC(=NCCc1cccnc1)N1CCN(c2cc(F)ccc2F)CC1.I. The van der Waals surface area contributed by atoms with E-state index in [0.29, 0.717) is 38.4 Å². The van der Waals surface area contributed by atoms with Gasteiger partial charge < -0.3 is 15.1 Å². The number of rotatable bonds is 5. The molecule has 2 heterocycles. The number of nitrogens with one attached hydrogen (secondary N) is 1. The first-order chi connectivity index (χ1) is 13.2. The predicted octanol–water partition coefficient (Wildman–Crippen LogP) is 3.31. The van der Waals surface area contributed by atoms with Crippen molar-refractivity contribution in [2.45, 2.75) is 13.3 Å². The van der Waals surface area contributed by atoms with Gasteiger partial charge in [0.1, 0.15) is 11.6 Å². The molecule has 28 heavy (non-hydrogen) atoms. The van der Waals surface area contributed by atoms with E-state index in [4.69, 9.17) is 4.99 Å². The van der Waals surface area contributed by atoms with Crippen LogP contribution in [-0.2, 0) is 6.42 Å². The molecule has 5 nitrogen and oxygen atoms in total. The van der Waals surface area contributed by atoms with Crippen molar-refractivity contribution in [3.05, 3.63) is 59.9 Å². The molecule has 0 aliphatic carbocycles. The lowest BCUT2D eigenvalue weighted by atomic mass is 10.2. The summed E-state index contributed by atoms with van der Waals surface area (Å²) >= 11 is 0. The van der Waals surface area contributed by atoms with Gasteiger partial charge >= 0.3 is 0 Å². The highest BCUT2D eigenvalue weighted by molar-refractivity contribution is 14.0. The van der Waals surface area contributed by atoms with Gasteiger partial charge in [-0.3, -0.25) is 9.98 Å². The first kappa shape index (κ1) is 22.3. The maximum absolute atomic E-state index is 14.0. The summed E-state index contributed by atoms with van der Waals surface area (Å²) in [4.78, 5) is 12.9. The number of nitrogens with zero attached hydrogens (tertiary/aromatic N) is 4. The van der Waals surface area contributed by atoms with Crippen LogP contribution in [0.2, 0.25) is 0 Å². The topological polar surface area (TPSA) is 43.8 Å². The van der Waals surface area contributed by atoms with Crippen LogP contribution in [0.4, 0.5) is 14.5 Å². The second-order valence-electron chi connectivity index (χ2n) is 6.42. The van der Waals surface area contributed by atoms with Gasteiger partial charge in [-0.05, 0) is 37.1 Å². The van der Waals surface area contributed by atoms with Crippen LogP contribution in [0.1, 0.15) is 12.5 Å². The Kier molecular flexibility index (Phi) is 8.88. The van der Waals surface area contributed by atoms with Gasteiger partial charge in [-0.2, -0.15) is 0 Å². The Labute approximate surface area is 181 Å². The number of halogens is 3. The summed E-state index contributed by atoms with van der Waals surface area (Å²) in [6, 6.07) is 7.56. The molecule has 1 aliphatic heterocycles. The number of pyridine rings is 1. The molecule has 1 fully saturated rings. The van der Waals surface area contributed by atoms with Crippen LogP contribution in [0.25, 0.3) is 0 Å². The lowest BCUT2D eigenvalue weighted by molar-refractivity contribution is 0.370. The average Bonchev–Trinajstić information content (AvgIpc) is 2.70. The molecule has 8 heteroatoms. The molecule has 1 N–H and O–H groups in total. The van der Waals surface area contributed by atoms with Gasteiger partial charge in [0.15, 0.2) is 5.96 Å². The maximum Gasteiger partial charge on any atom is 0.194 e. The van der Waals surface area contributed by atoms with Crippen molar-refractivity contribution in [2.24, 2.45) is 4.99 Å². The van der Waals surface area contributed by atoms with Crippen molar-refractivity contribution in [3.8, 4) is 0 Å². The molecule has 3 rings (SSSR count). The van der Waals surface area contributed by atoms with E-state index in [9.17, 15) is 8.78 Å². The average molecular weight is 501 g/mol. The first-order valence-electron chi connectivity index (χ1n) is 9.29. The Bertz CT molecular complexity index is 764. The fourth-order valence-electron chi connectivity index (χ4n) is 3.15. The summed E-state index contributed by atoms with van der Waals surface area (Å²) in [6.45, 7) is 6.14. The minimum absolute atomic E-state index is 0. The summed E-state index contributed by atoms with van der Waals surface area (Å²) in [6.07, 6.45) is 4.45. The van der Waals surface area contributed by atoms with Crippen LogP contribution in [-0.4, -0.2) is 55.1 Å². The molecule has 152 valence electrons. The van der Waals surface area contributed by atoms with Gasteiger partial charge in [-0.1, -0.05) is 6.07 Å². The van der Waals surface area contributed by atoms with Gasteiger partial charge in [-0.25, -0.2) is 8.78 Å². The van der Waals surface area contributed by atoms with E-state index in [1.54, 1.807) is 6.20 Å². The number of anilines is 1. The number of aromatic nitrogens is 1. The fraction of sp³-hybridized carbons (Fsp3) is 0.400. The Balaban J connectivity index is 0.00000280. The quantitative estimate of drug-likeness (QED) is 0.388. The van der Waals surface area contributed by atoms with Crippen molar-refractivity contribution in [3.63, 3.8) is 0 Å². The predicted molar refractivity (Wildman–Crippen MR) is 119 cm³/mol. The summed E-state index contributed by atoms with van der Waals surface area (Å²) in [5.41, 5.74) is 1.48. The van der Waals surface area contributed by atoms with Crippen molar-refractivity contribution >= 4 is 35.6 Å². The summed E-state index contributed by atoms with van der Waals surface area (Å²) in [5, 5.41) is 3.32. The minimum Gasteiger partial charge on any atom is -0.366 e.